The zero-order chi connectivity index (χ0) is 17.4. The van der Waals surface area contributed by atoms with Crippen LogP contribution in [0.4, 0.5) is 0 Å². The standard InChI is InChI=1S/C17H14O6Se/c1-21-9-6-12(20)14-13(7-9)23-15(16(22-2)17(14)24)8-3-4-10(18)11(19)5-8/h3-7,18-20H,1-2H3. The van der Waals surface area contributed by atoms with Crippen LogP contribution in [-0.4, -0.2) is 45.1 Å². The summed E-state index contributed by atoms with van der Waals surface area (Å²) in [6, 6.07) is 7.42. The zero-order valence-electron chi connectivity index (χ0n) is 12.9. The van der Waals surface area contributed by atoms with E-state index < -0.39 is 0 Å². The number of phenolic OH excluding ortho intramolecular Hbond substituents is 3. The number of methoxy groups -OCH3 is 2. The molecule has 0 radical (unpaired) electrons. The average molecular weight is 393 g/mol. The molecule has 124 valence electrons. The fourth-order valence-electron chi connectivity index (χ4n) is 2.42. The van der Waals surface area contributed by atoms with Crippen molar-refractivity contribution in [1.29, 1.82) is 0 Å². The molecule has 0 aliphatic carbocycles. The third-order valence-corrected chi connectivity index (χ3v) is 4.40. The summed E-state index contributed by atoms with van der Waals surface area (Å²) in [5, 5.41) is 29.9. The molecule has 0 spiro atoms. The maximum atomic E-state index is 10.2. The summed E-state index contributed by atoms with van der Waals surface area (Å²) in [5.74, 6) is 0.615. The molecular formula is C17H14O6Se. The summed E-state index contributed by atoms with van der Waals surface area (Å²) in [5.41, 5.74) is 0.881. The van der Waals surface area contributed by atoms with Crippen molar-refractivity contribution in [1.82, 2.24) is 0 Å². The van der Waals surface area contributed by atoms with E-state index in [0.717, 1.165) is 0 Å². The predicted octanol–water partition coefficient (Wildman–Crippen LogP) is 2.93. The molecule has 0 bridgehead atoms. The van der Waals surface area contributed by atoms with E-state index in [9.17, 15) is 15.3 Å². The second-order valence-corrected chi connectivity index (χ2v) is 5.87. The van der Waals surface area contributed by atoms with Gasteiger partial charge >= 0.3 is 144 Å². The molecule has 0 aliphatic rings. The Bertz CT molecular complexity index is 993. The van der Waals surface area contributed by atoms with Gasteiger partial charge in [0, 0.05) is 0 Å². The predicted molar refractivity (Wildman–Crippen MR) is 88.7 cm³/mol. The minimum atomic E-state index is -0.278. The van der Waals surface area contributed by atoms with Crippen molar-refractivity contribution in [3.05, 3.63) is 34.4 Å². The fourth-order valence-corrected chi connectivity index (χ4v) is 3.22. The van der Waals surface area contributed by atoms with E-state index in [2.05, 4.69) is 15.6 Å². The molecule has 3 aromatic rings. The second kappa shape index (κ2) is 6.11. The molecule has 0 unspecified atom stereocenters. The SMILES string of the molecule is COc1cc(O)c2c(=[Se])c(OC)c(-c3ccc(O)c(O)c3)oc2c1. The van der Waals surface area contributed by atoms with Gasteiger partial charge in [-0.25, -0.2) is 0 Å². The maximum absolute atomic E-state index is 10.2. The van der Waals surface area contributed by atoms with Gasteiger partial charge in [-0.15, -0.1) is 0 Å². The van der Waals surface area contributed by atoms with Crippen molar-refractivity contribution in [3.8, 4) is 40.1 Å². The van der Waals surface area contributed by atoms with Gasteiger partial charge in [0.05, 0.1) is 0 Å². The summed E-state index contributed by atoms with van der Waals surface area (Å²) in [4.78, 5) is 0. The molecule has 0 saturated carbocycles. The van der Waals surface area contributed by atoms with E-state index in [1.165, 1.54) is 32.4 Å². The van der Waals surface area contributed by atoms with Crippen LogP contribution in [0, 0.1) is 4.06 Å². The number of rotatable bonds is 3. The molecule has 0 atom stereocenters. The van der Waals surface area contributed by atoms with Crippen LogP contribution in [0.15, 0.2) is 34.7 Å². The van der Waals surface area contributed by atoms with Gasteiger partial charge in [0.25, 0.3) is 0 Å². The summed E-state index contributed by atoms with van der Waals surface area (Å²) < 4.78 is 17.0. The Morgan fingerprint density at radius 2 is 1.67 bits per heavy atom. The van der Waals surface area contributed by atoms with Gasteiger partial charge in [0.1, 0.15) is 0 Å². The van der Waals surface area contributed by atoms with E-state index in [4.69, 9.17) is 13.9 Å². The van der Waals surface area contributed by atoms with Crippen LogP contribution in [0.1, 0.15) is 0 Å². The topological polar surface area (TPSA) is 92.3 Å². The Morgan fingerprint density at radius 1 is 0.917 bits per heavy atom. The number of benzene rings is 2. The van der Waals surface area contributed by atoms with Crippen molar-refractivity contribution >= 4 is 26.5 Å². The van der Waals surface area contributed by atoms with Crippen LogP contribution in [0.2, 0.25) is 0 Å². The van der Waals surface area contributed by atoms with E-state index in [1.807, 2.05) is 0 Å². The van der Waals surface area contributed by atoms with Gasteiger partial charge in [-0.05, 0) is 0 Å². The minimum absolute atomic E-state index is 0.0137. The zero-order valence-corrected chi connectivity index (χ0v) is 14.6. The Kier molecular flexibility index (Phi) is 4.13. The second-order valence-electron chi connectivity index (χ2n) is 5.02. The van der Waals surface area contributed by atoms with E-state index in [0.29, 0.717) is 37.9 Å². The van der Waals surface area contributed by atoms with E-state index in [1.54, 1.807) is 12.1 Å². The fraction of sp³-hybridized carbons (Fsp3) is 0.118. The number of phenols is 3. The van der Waals surface area contributed by atoms with Crippen molar-refractivity contribution < 1.29 is 29.2 Å². The first-order valence-electron chi connectivity index (χ1n) is 6.90. The summed E-state index contributed by atoms with van der Waals surface area (Å²) in [7, 11) is 2.96. The van der Waals surface area contributed by atoms with Crippen LogP contribution >= 0.6 is 0 Å². The number of hydrogen-bond donors (Lipinski definition) is 3. The van der Waals surface area contributed by atoms with Gasteiger partial charge in [-0.3, -0.25) is 0 Å². The Labute approximate surface area is 144 Å². The summed E-state index contributed by atoms with van der Waals surface area (Å²) in [6.07, 6.45) is 0. The van der Waals surface area contributed by atoms with Crippen molar-refractivity contribution in [3.63, 3.8) is 0 Å². The van der Waals surface area contributed by atoms with Gasteiger partial charge in [0.15, 0.2) is 0 Å². The molecule has 2 aromatic carbocycles. The van der Waals surface area contributed by atoms with Gasteiger partial charge in [0.2, 0.25) is 0 Å². The molecule has 0 saturated heterocycles. The van der Waals surface area contributed by atoms with Crippen LogP contribution in [0.5, 0.6) is 28.7 Å². The molecule has 0 fully saturated rings. The third-order valence-electron chi connectivity index (χ3n) is 3.58. The van der Waals surface area contributed by atoms with Crippen LogP contribution in [0.25, 0.3) is 22.3 Å². The molecule has 1 aromatic heterocycles. The number of hydrogen-bond acceptors (Lipinski definition) is 6. The monoisotopic (exact) mass is 394 g/mol. The Morgan fingerprint density at radius 3 is 2.29 bits per heavy atom. The van der Waals surface area contributed by atoms with Crippen molar-refractivity contribution in [2.75, 3.05) is 14.2 Å². The molecule has 7 heteroatoms. The van der Waals surface area contributed by atoms with Crippen molar-refractivity contribution in [2.24, 2.45) is 0 Å². The first kappa shape index (κ1) is 16.2. The molecule has 6 nitrogen and oxygen atoms in total. The first-order valence-corrected chi connectivity index (χ1v) is 7.76. The van der Waals surface area contributed by atoms with Crippen molar-refractivity contribution in [2.45, 2.75) is 0 Å². The first-order chi connectivity index (χ1) is 11.5. The summed E-state index contributed by atoms with van der Waals surface area (Å²) >= 11 is 2.88. The molecular weight excluding hydrogens is 379 g/mol. The molecule has 0 amide bonds. The quantitative estimate of drug-likeness (QED) is 0.468. The summed E-state index contributed by atoms with van der Waals surface area (Å²) in [6.45, 7) is 0. The third kappa shape index (κ3) is 2.58. The van der Waals surface area contributed by atoms with Crippen LogP contribution in [-0.2, 0) is 0 Å². The number of ether oxygens (including phenoxy) is 2. The van der Waals surface area contributed by atoms with Gasteiger partial charge in [-0.1, -0.05) is 0 Å². The Hall–Kier alpha value is -2.63. The molecule has 1 heterocycles. The van der Waals surface area contributed by atoms with Crippen LogP contribution < -0.4 is 9.47 Å². The van der Waals surface area contributed by atoms with E-state index >= 15 is 0 Å². The number of aromatic hydroxyl groups is 3. The van der Waals surface area contributed by atoms with Crippen LogP contribution in [0.3, 0.4) is 0 Å². The van der Waals surface area contributed by atoms with Gasteiger partial charge < -0.3 is 0 Å². The number of fused-ring (bicyclic) bond motifs is 1. The molecule has 24 heavy (non-hydrogen) atoms. The molecule has 3 rings (SSSR count). The Balaban J connectivity index is 2.39. The normalized spacial score (nSPS) is 10.8. The van der Waals surface area contributed by atoms with Gasteiger partial charge in [-0.2, -0.15) is 0 Å². The van der Waals surface area contributed by atoms with E-state index in [-0.39, 0.29) is 17.2 Å². The average Bonchev–Trinajstić information content (AvgIpc) is 2.56. The molecule has 0 aliphatic heterocycles. The molecule has 3 N–H and O–H groups in total.